The summed E-state index contributed by atoms with van der Waals surface area (Å²) in [6, 6.07) is 11.6. The fraction of sp³-hybridized carbons (Fsp3) is 0.200. The van der Waals surface area contributed by atoms with Gasteiger partial charge in [0.1, 0.15) is 5.82 Å². The van der Waals surface area contributed by atoms with Gasteiger partial charge in [-0.1, -0.05) is 41.4 Å². The molecule has 106 valence electrons. The molecule has 0 aliphatic carbocycles. The Morgan fingerprint density at radius 3 is 2.45 bits per heavy atom. The number of rotatable bonds is 5. The minimum absolute atomic E-state index is 0.0996. The Hall–Kier alpha value is -1.13. The predicted molar refractivity (Wildman–Crippen MR) is 79.5 cm³/mol. The summed E-state index contributed by atoms with van der Waals surface area (Å²) in [4.78, 5) is 0. The minimum atomic E-state index is -0.622. The van der Waals surface area contributed by atoms with Gasteiger partial charge in [0.05, 0.1) is 11.1 Å². The molecule has 1 unspecified atom stereocenters. The molecular weight excluding hydrogens is 300 g/mol. The van der Waals surface area contributed by atoms with E-state index in [1.165, 1.54) is 6.07 Å². The van der Waals surface area contributed by atoms with Gasteiger partial charge in [-0.05, 0) is 35.4 Å². The predicted octanol–water partition coefficient (Wildman–Crippen LogP) is 3.96. The van der Waals surface area contributed by atoms with Crippen LogP contribution in [0.2, 0.25) is 10.0 Å². The maximum Gasteiger partial charge on any atom is 0.141 e. The summed E-state index contributed by atoms with van der Waals surface area (Å²) in [5.74, 6) is -0.434. The number of aliphatic hydroxyl groups is 1. The summed E-state index contributed by atoms with van der Waals surface area (Å²) >= 11 is 11.5. The number of benzene rings is 2. The lowest BCUT2D eigenvalue weighted by Gasteiger charge is -2.12. The highest BCUT2D eigenvalue weighted by molar-refractivity contribution is 6.31. The molecule has 2 N–H and O–H groups in total. The average molecular weight is 314 g/mol. The van der Waals surface area contributed by atoms with E-state index >= 15 is 0 Å². The smallest absolute Gasteiger partial charge is 0.141 e. The fourth-order valence-corrected chi connectivity index (χ4v) is 2.13. The zero-order chi connectivity index (χ0) is 14.5. The molecule has 1 atom stereocenters. The molecule has 0 saturated heterocycles. The zero-order valence-electron chi connectivity index (χ0n) is 10.6. The van der Waals surface area contributed by atoms with Gasteiger partial charge in [0.2, 0.25) is 0 Å². The lowest BCUT2D eigenvalue weighted by molar-refractivity contribution is 0.174. The van der Waals surface area contributed by atoms with E-state index in [9.17, 15) is 9.50 Å². The van der Waals surface area contributed by atoms with Crippen molar-refractivity contribution in [2.45, 2.75) is 12.6 Å². The summed E-state index contributed by atoms with van der Waals surface area (Å²) in [5.41, 5.74) is 1.65. The molecule has 20 heavy (non-hydrogen) atoms. The van der Waals surface area contributed by atoms with Gasteiger partial charge in [0, 0.05) is 18.1 Å². The Balaban J connectivity index is 1.86. The largest absolute Gasteiger partial charge is 0.387 e. The van der Waals surface area contributed by atoms with E-state index in [2.05, 4.69) is 5.32 Å². The third kappa shape index (κ3) is 4.18. The van der Waals surface area contributed by atoms with Crippen LogP contribution in [0.15, 0.2) is 42.5 Å². The van der Waals surface area contributed by atoms with E-state index in [-0.39, 0.29) is 5.02 Å². The van der Waals surface area contributed by atoms with Gasteiger partial charge in [-0.25, -0.2) is 4.39 Å². The topological polar surface area (TPSA) is 32.3 Å². The van der Waals surface area contributed by atoms with E-state index in [0.717, 1.165) is 11.1 Å². The SMILES string of the molecule is OC(CNCc1ccc(F)c(Cl)c1)c1ccc(Cl)cc1. The van der Waals surface area contributed by atoms with Gasteiger partial charge >= 0.3 is 0 Å². The highest BCUT2D eigenvalue weighted by atomic mass is 35.5. The summed E-state index contributed by atoms with van der Waals surface area (Å²) in [7, 11) is 0. The Labute approximate surface area is 127 Å². The molecule has 2 nitrogen and oxygen atoms in total. The van der Waals surface area contributed by atoms with Crippen LogP contribution in [-0.2, 0) is 6.54 Å². The second kappa shape index (κ2) is 7.04. The van der Waals surface area contributed by atoms with Crippen LogP contribution in [-0.4, -0.2) is 11.7 Å². The standard InChI is InChI=1S/C15H14Cl2FNO/c16-12-4-2-11(3-5-12)15(20)9-19-8-10-1-6-14(18)13(17)7-10/h1-7,15,19-20H,8-9H2. The van der Waals surface area contributed by atoms with Crippen LogP contribution < -0.4 is 5.32 Å². The summed E-state index contributed by atoms with van der Waals surface area (Å²) in [5, 5.41) is 13.8. The van der Waals surface area contributed by atoms with Gasteiger partial charge in [-0.2, -0.15) is 0 Å². The number of hydrogen-bond acceptors (Lipinski definition) is 2. The number of hydrogen-bond donors (Lipinski definition) is 2. The van der Waals surface area contributed by atoms with Gasteiger partial charge in [0.15, 0.2) is 0 Å². The first kappa shape index (κ1) is 15.3. The van der Waals surface area contributed by atoms with E-state index in [1.54, 1.807) is 36.4 Å². The van der Waals surface area contributed by atoms with E-state index in [0.29, 0.717) is 18.1 Å². The molecule has 0 fully saturated rings. The normalized spacial score (nSPS) is 12.4. The van der Waals surface area contributed by atoms with Crippen molar-refractivity contribution in [1.82, 2.24) is 5.32 Å². The van der Waals surface area contributed by atoms with Crippen molar-refractivity contribution in [3.8, 4) is 0 Å². The molecule has 0 amide bonds. The molecule has 0 aliphatic rings. The third-order valence-corrected chi connectivity index (χ3v) is 3.45. The highest BCUT2D eigenvalue weighted by Crippen LogP contribution is 2.17. The van der Waals surface area contributed by atoms with Gasteiger partial charge in [-0.3, -0.25) is 0 Å². The Morgan fingerprint density at radius 1 is 1.10 bits per heavy atom. The first-order valence-corrected chi connectivity index (χ1v) is 6.90. The van der Waals surface area contributed by atoms with Crippen molar-refractivity contribution in [3.05, 3.63) is 69.5 Å². The number of halogens is 3. The van der Waals surface area contributed by atoms with Gasteiger partial charge < -0.3 is 10.4 Å². The van der Waals surface area contributed by atoms with E-state index in [1.807, 2.05) is 0 Å². The Kier molecular flexibility index (Phi) is 5.38. The molecule has 2 rings (SSSR count). The lowest BCUT2D eigenvalue weighted by atomic mass is 10.1. The van der Waals surface area contributed by atoms with Crippen molar-refractivity contribution in [3.63, 3.8) is 0 Å². The molecule has 0 heterocycles. The molecular formula is C15H14Cl2FNO. The summed E-state index contributed by atoms with van der Waals surface area (Å²) in [6.07, 6.45) is -0.622. The van der Waals surface area contributed by atoms with Crippen molar-refractivity contribution in [2.75, 3.05) is 6.54 Å². The van der Waals surface area contributed by atoms with Crippen molar-refractivity contribution in [2.24, 2.45) is 0 Å². The molecule has 0 aliphatic heterocycles. The van der Waals surface area contributed by atoms with Crippen molar-refractivity contribution >= 4 is 23.2 Å². The second-order valence-corrected chi connectivity index (χ2v) is 5.29. The first-order valence-electron chi connectivity index (χ1n) is 6.14. The third-order valence-electron chi connectivity index (χ3n) is 2.91. The number of nitrogens with one attached hydrogen (secondary N) is 1. The molecule has 0 bridgehead atoms. The van der Waals surface area contributed by atoms with E-state index in [4.69, 9.17) is 23.2 Å². The molecule has 0 radical (unpaired) electrons. The Bertz CT molecular complexity index is 575. The molecule has 2 aromatic carbocycles. The monoisotopic (exact) mass is 313 g/mol. The molecule has 0 saturated carbocycles. The van der Waals surface area contributed by atoms with Crippen molar-refractivity contribution < 1.29 is 9.50 Å². The maximum atomic E-state index is 13.0. The van der Waals surface area contributed by atoms with E-state index < -0.39 is 11.9 Å². The van der Waals surface area contributed by atoms with Crippen LogP contribution in [0.3, 0.4) is 0 Å². The summed E-state index contributed by atoms with van der Waals surface area (Å²) in [6.45, 7) is 0.890. The minimum Gasteiger partial charge on any atom is -0.387 e. The van der Waals surface area contributed by atoms with Crippen molar-refractivity contribution in [1.29, 1.82) is 0 Å². The molecule has 0 spiro atoms. The highest BCUT2D eigenvalue weighted by Gasteiger charge is 2.07. The average Bonchev–Trinajstić information content (AvgIpc) is 2.43. The molecule has 0 aromatic heterocycles. The zero-order valence-corrected chi connectivity index (χ0v) is 12.1. The van der Waals surface area contributed by atoms with Crippen LogP contribution in [0.1, 0.15) is 17.2 Å². The van der Waals surface area contributed by atoms with Crippen LogP contribution in [0.4, 0.5) is 4.39 Å². The van der Waals surface area contributed by atoms with Gasteiger partial charge in [0.25, 0.3) is 0 Å². The molecule has 2 aromatic rings. The number of aliphatic hydroxyl groups excluding tert-OH is 1. The first-order chi connectivity index (χ1) is 9.56. The second-order valence-electron chi connectivity index (χ2n) is 4.45. The molecule has 5 heteroatoms. The lowest BCUT2D eigenvalue weighted by Crippen LogP contribution is -2.21. The van der Waals surface area contributed by atoms with Crippen LogP contribution in [0, 0.1) is 5.82 Å². The fourth-order valence-electron chi connectivity index (χ4n) is 1.81. The quantitative estimate of drug-likeness (QED) is 0.876. The Morgan fingerprint density at radius 2 is 1.80 bits per heavy atom. The summed E-state index contributed by atoms with van der Waals surface area (Å²) < 4.78 is 13.0. The van der Waals surface area contributed by atoms with Crippen LogP contribution in [0.25, 0.3) is 0 Å². The van der Waals surface area contributed by atoms with Crippen LogP contribution >= 0.6 is 23.2 Å². The maximum absolute atomic E-state index is 13.0. The van der Waals surface area contributed by atoms with Crippen LogP contribution in [0.5, 0.6) is 0 Å². The van der Waals surface area contributed by atoms with Gasteiger partial charge in [-0.15, -0.1) is 0 Å².